The number of rotatable bonds is 5. The van der Waals surface area contributed by atoms with Gasteiger partial charge in [0.2, 0.25) is 5.88 Å². The molecule has 0 saturated heterocycles. The minimum atomic E-state index is -0.0135. The maximum Gasteiger partial charge on any atom is 0.213 e. The highest BCUT2D eigenvalue weighted by molar-refractivity contribution is 5.15. The monoisotopic (exact) mass is 223 g/mol. The number of likely N-dealkylation sites (N-methyl/N-ethyl adjacent to an activating group) is 1. The Balaban J connectivity index is 2.60. The van der Waals surface area contributed by atoms with Crippen LogP contribution < -0.4 is 10.5 Å². The van der Waals surface area contributed by atoms with E-state index in [0.717, 1.165) is 5.69 Å². The Kier molecular flexibility index (Phi) is 4.26. The Morgan fingerprint density at radius 1 is 1.38 bits per heavy atom. The summed E-state index contributed by atoms with van der Waals surface area (Å²) in [5.74, 6) is 0.637. The van der Waals surface area contributed by atoms with E-state index in [0.29, 0.717) is 19.0 Å². The molecule has 4 heteroatoms. The van der Waals surface area contributed by atoms with Gasteiger partial charge in [-0.05, 0) is 34.0 Å². The first kappa shape index (κ1) is 12.9. The highest BCUT2D eigenvalue weighted by Crippen LogP contribution is 2.14. The topological polar surface area (TPSA) is 51.4 Å². The summed E-state index contributed by atoms with van der Waals surface area (Å²) in [6.45, 7) is 5.29. The average molecular weight is 223 g/mol. The molecular formula is C12H21N3O. The Hall–Kier alpha value is -1.13. The van der Waals surface area contributed by atoms with Crippen molar-refractivity contribution in [2.45, 2.75) is 25.9 Å². The van der Waals surface area contributed by atoms with E-state index in [1.165, 1.54) is 0 Å². The molecule has 0 spiro atoms. The summed E-state index contributed by atoms with van der Waals surface area (Å²) in [7, 11) is 4.07. The molecule has 0 unspecified atom stereocenters. The fourth-order valence-corrected chi connectivity index (χ4v) is 1.03. The summed E-state index contributed by atoms with van der Waals surface area (Å²) in [6.07, 6.45) is 0. The second-order valence-electron chi connectivity index (χ2n) is 4.67. The fourth-order valence-electron chi connectivity index (χ4n) is 1.03. The standard InChI is InChI=1S/C12H21N3O/c1-12(2,15(3)4)9-16-11-7-5-6-10(8-13)14-11/h5-7H,8-9,13H2,1-4H3. The lowest BCUT2D eigenvalue weighted by Crippen LogP contribution is -2.43. The smallest absolute Gasteiger partial charge is 0.213 e. The molecule has 1 aromatic rings. The molecule has 0 aliphatic rings. The Morgan fingerprint density at radius 2 is 2.06 bits per heavy atom. The predicted octanol–water partition coefficient (Wildman–Crippen LogP) is 1.26. The summed E-state index contributed by atoms with van der Waals surface area (Å²) in [5, 5.41) is 0. The quantitative estimate of drug-likeness (QED) is 0.816. The van der Waals surface area contributed by atoms with Gasteiger partial charge in [-0.2, -0.15) is 0 Å². The third-order valence-electron chi connectivity index (χ3n) is 2.77. The van der Waals surface area contributed by atoms with Crippen LogP contribution in [0.2, 0.25) is 0 Å². The van der Waals surface area contributed by atoms with Gasteiger partial charge in [0.25, 0.3) is 0 Å². The molecule has 0 atom stereocenters. The lowest BCUT2D eigenvalue weighted by Gasteiger charge is -2.31. The van der Waals surface area contributed by atoms with Gasteiger partial charge in [0.1, 0.15) is 6.61 Å². The van der Waals surface area contributed by atoms with Gasteiger partial charge in [0, 0.05) is 18.2 Å². The zero-order valence-corrected chi connectivity index (χ0v) is 10.5. The third kappa shape index (κ3) is 3.47. The summed E-state index contributed by atoms with van der Waals surface area (Å²) >= 11 is 0. The molecule has 1 rings (SSSR count). The highest BCUT2D eigenvalue weighted by atomic mass is 16.5. The molecule has 16 heavy (non-hydrogen) atoms. The average Bonchev–Trinajstić information content (AvgIpc) is 2.26. The second kappa shape index (κ2) is 5.27. The van der Waals surface area contributed by atoms with E-state index in [1.807, 2.05) is 32.3 Å². The van der Waals surface area contributed by atoms with Crippen molar-refractivity contribution in [3.05, 3.63) is 23.9 Å². The van der Waals surface area contributed by atoms with Gasteiger partial charge < -0.3 is 15.4 Å². The summed E-state index contributed by atoms with van der Waals surface area (Å²) in [6, 6.07) is 5.65. The number of aromatic nitrogens is 1. The van der Waals surface area contributed by atoms with E-state index in [-0.39, 0.29) is 5.54 Å². The number of nitrogens with zero attached hydrogens (tertiary/aromatic N) is 2. The molecule has 90 valence electrons. The van der Waals surface area contributed by atoms with E-state index in [4.69, 9.17) is 10.5 Å². The van der Waals surface area contributed by atoms with Crippen LogP contribution in [0.4, 0.5) is 0 Å². The SMILES string of the molecule is CN(C)C(C)(C)COc1cccc(CN)n1. The van der Waals surface area contributed by atoms with Crippen LogP contribution >= 0.6 is 0 Å². The van der Waals surface area contributed by atoms with Crippen molar-refractivity contribution in [1.29, 1.82) is 0 Å². The molecule has 4 nitrogen and oxygen atoms in total. The normalized spacial score (nSPS) is 11.9. The predicted molar refractivity (Wildman–Crippen MR) is 65.4 cm³/mol. The van der Waals surface area contributed by atoms with Gasteiger partial charge >= 0.3 is 0 Å². The maximum absolute atomic E-state index is 5.67. The molecule has 1 aromatic heterocycles. The van der Waals surface area contributed by atoms with Gasteiger partial charge in [0.05, 0.1) is 5.69 Å². The van der Waals surface area contributed by atoms with Gasteiger partial charge in [-0.25, -0.2) is 4.98 Å². The Bertz CT molecular complexity index is 337. The largest absolute Gasteiger partial charge is 0.476 e. The first-order valence-corrected chi connectivity index (χ1v) is 5.42. The molecular weight excluding hydrogens is 202 g/mol. The van der Waals surface area contributed by atoms with Gasteiger partial charge in [-0.15, -0.1) is 0 Å². The van der Waals surface area contributed by atoms with Crippen LogP contribution in [0.25, 0.3) is 0 Å². The van der Waals surface area contributed by atoms with E-state index in [2.05, 4.69) is 23.7 Å². The van der Waals surface area contributed by atoms with E-state index in [9.17, 15) is 0 Å². The van der Waals surface area contributed by atoms with Crippen molar-refractivity contribution < 1.29 is 4.74 Å². The van der Waals surface area contributed by atoms with E-state index < -0.39 is 0 Å². The van der Waals surface area contributed by atoms with Gasteiger partial charge in [0.15, 0.2) is 0 Å². The van der Waals surface area contributed by atoms with Crippen molar-refractivity contribution in [2.75, 3.05) is 20.7 Å². The van der Waals surface area contributed by atoms with Crippen molar-refractivity contribution in [2.24, 2.45) is 5.73 Å². The van der Waals surface area contributed by atoms with Crippen LogP contribution in [0.3, 0.4) is 0 Å². The van der Waals surface area contributed by atoms with Gasteiger partial charge in [-0.3, -0.25) is 0 Å². The molecule has 0 aliphatic heterocycles. The molecule has 0 saturated carbocycles. The van der Waals surface area contributed by atoms with Crippen molar-refractivity contribution in [1.82, 2.24) is 9.88 Å². The van der Waals surface area contributed by atoms with Crippen LogP contribution in [-0.2, 0) is 6.54 Å². The Morgan fingerprint density at radius 3 is 2.62 bits per heavy atom. The summed E-state index contributed by atoms with van der Waals surface area (Å²) < 4.78 is 5.67. The second-order valence-corrected chi connectivity index (χ2v) is 4.67. The van der Waals surface area contributed by atoms with Crippen molar-refractivity contribution >= 4 is 0 Å². The molecule has 0 amide bonds. The van der Waals surface area contributed by atoms with E-state index in [1.54, 1.807) is 0 Å². The molecule has 0 aliphatic carbocycles. The first-order chi connectivity index (χ1) is 7.45. The van der Waals surface area contributed by atoms with Gasteiger partial charge in [-0.1, -0.05) is 6.07 Å². The number of hydrogen-bond acceptors (Lipinski definition) is 4. The van der Waals surface area contributed by atoms with Crippen LogP contribution in [0.5, 0.6) is 5.88 Å². The number of hydrogen-bond donors (Lipinski definition) is 1. The minimum absolute atomic E-state index is 0.0135. The molecule has 0 fully saturated rings. The lowest BCUT2D eigenvalue weighted by atomic mass is 10.1. The van der Waals surface area contributed by atoms with Crippen LogP contribution in [-0.4, -0.2) is 36.1 Å². The number of nitrogens with two attached hydrogens (primary N) is 1. The molecule has 0 aromatic carbocycles. The first-order valence-electron chi connectivity index (χ1n) is 5.42. The van der Waals surface area contributed by atoms with Crippen LogP contribution in [0, 0.1) is 0 Å². The van der Waals surface area contributed by atoms with Crippen LogP contribution in [0.1, 0.15) is 19.5 Å². The van der Waals surface area contributed by atoms with E-state index >= 15 is 0 Å². The third-order valence-corrected chi connectivity index (χ3v) is 2.77. The molecule has 2 N–H and O–H groups in total. The molecule has 1 heterocycles. The molecule has 0 radical (unpaired) electrons. The molecule has 0 bridgehead atoms. The minimum Gasteiger partial charge on any atom is -0.476 e. The number of pyridine rings is 1. The Labute approximate surface area is 97.4 Å². The number of ether oxygens (including phenoxy) is 1. The summed E-state index contributed by atoms with van der Waals surface area (Å²) in [4.78, 5) is 6.41. The van der Waals surface area contributed by atoms with Crippen molar-refractivity contribution in [3.8, 4) is 5.88 Å². The maximum atomic E-state index is 5.67. The van der Waals surface area contributed by atoms with Crippen molar-refractivity contribution in [3.63, 3.8) is 0 Å². The fraction of sp³-hybridized carbons (Fsp3) is 0.583. The lowest BCUT2D eigenvalue weighted by molar-refractivity contribution is 0.111. The zero-order valence-electron chi connectivity index (χ0n) is 10.5. The summed E-state index contributed by atoms with van der Waals surface area (Å²) in [5.41, 5.74) is 6.36. The highest BCUT2D eigenvalue weighted by Gasteiger charge is 2.21. The van der Waals surface area contributed by atoms with Crippen LogP contribution in [0.15, 0.2) is 18.2 Å². The zero-order chi connectivity index (χ0) is 12.2.